The highest BCUT2D eigenvalue weighted by atomic mass is 32.2. The third-order valence-corrected chi connectivity index (χ3v) is 5.68. The molecule has 3 rings (SSSR count). The van der Waals surface area contributed by atoms with E-state index < -0.39 is 32.7 Å². The highest BCUT2D eigenvalue weighted by Crippen LogP contribution is 2.29. The van der Waals surface area contributed by atoms with Crippen LogP contribution < -0.4 is 21.2 Å². The van der Waals surface area contributed by atoms with E-state index in [4.69, 9.17) is 4.42 Å². The number of anilines is 3. The van der Waals surface area contributed by atoms with Crippen molar-refractivity contribution in [3.8, 4) is 5.75 Å². The minimum Gasteiger partial charge on any atom is -0.505 e. The Balaban J connectivity index is 1.77. The summed E-state index contributed by atoms with van der Waals surface area (Å²) in [4.78, 5) is 31.5. The Morgan fingerprint density at radius 2 is 1.62 bits per heavy atom. The van der Waals surface area contributed by atoms with Gasteiger partial charge in [0.15, 0.2) is 11.5 Å². The molecule has 0 unspecified atom stereocenters. The molecule has 11 nitrogen and oxygen atoms in total. The number of hydrogen-bond acceptors (Lipinski definition) is 10. The number of sulfonamides is 1. The molecule has 2 aromatic heterocycles. The molecule has 0 aliphatic carbocycles. The molecule has 168 valence electrons. The monoisotopic (exact) mass is 459 g/mol. The second-order valence-electron chi connectivity index (χ2n) is 6.95. The number of aromatic nitrogens is 2. The summed E-state index contributed by atoms with van der Waals surface area (Å²) in [5.41, 5.74) is 5.69. The largest absolute Gasteiger partial charge is 0.505 e. The maximum atomic E-state index is 12.6. The van der Waals surface area contributed by atoms with E-state index >= 15 is 0 Å². The first-order chi connectivity index (χ1) is 15.0. The number of hydrogen-bond donors (Lipinski definition) is 4. The second-order valence-corrected chi connectivity index (χ2v) is 8.64. The fraction of sp³-hybridized carbons (Fsp3) is 0.200. The van der Waals surface area contributed by atoms with Crippen LogP contribution in [0.2, 0.25) is 0 Å². The van der Waals surface area contributed by atoms with Crippen molar-refractivity contribution in [3.63, 3.8) is 0 Å². The molecule has 0 fully saturated rings. The molecule has 0 radical (unpaired) electrons. The van der Waals surface area contributed by atoms with Crippen molar-refractivity contribution < 1.29 is 22.7 Å². The number of carbonyl (C=O) groups is 1. The average molecular weight is 459 g/mol. The molecule has 0 spiro atoms. The maximum Gasteiger partial charge on any atom is 0.350 e. The lowest BCUT2D eigenvalue weighted by molar-refractivity contribution is 0.101. The summed E-state index contributed by atoms with van der Waals surface area (Å²) in [5, 5.41) is 10.2. The minimum absolute atomic E-state index is 0.000121. The first-order valence-corrected chi connectivity index (χ1v) is 10.8. The highest BCUT2D eigenvalue weighted by molar-refractivity contribution is 7.92. The lowest BCUT2D eigenvalue weighted by Crippen LogP contribution is -2.17. The molecule has 12 heteroatoms. The normalized spacial score (nSPS) is 11.1. The molecular formula is C20H21N5O6S. The van der Waals surface area contributed by atoms with Gasteiger partial charge in [0.05, 0.1) is 10.6 Å². The number of aryl methyl sites for hydroxylation is 3. The number of nitrogens with one attached hydrogen (secondary N) is 3. The fourth-order valence-electron chi connectivity index (χ4n) is 2.89. The average Bonchev–Trinajstić information content (AvgIpc) is 2.66. The highest BCUT2D eigenvalue weighted by Gasteiger charge is 2.21. The molecule has 4 N–H and O–H groups in total. The Hall–Kier alpha value is -3.93. The van der Waals surface area contributed by atoms with Crippen molar-refractivity contribution in [2.24, 2.45) is 0 Å². The van der Waals surface area contributed by atoms with E-state index in [1.165, 1.54) is 31.2 Å². The lowest BCUT2D eigenvalue weighted by atomic mass is 10.1. The van der Waals surface area contributed by atoms with Crippen LogP contribution in [-0.2, 0) is 10.0 Å². The molecule has 0 amide bonds. The van der Waals surface area contributed by atoms with Gasteiger partial charge in [0, 0.05) is 11.4 Å². The second kappa shape index (κ2) is 8.67. The van der Waals surface area contributed by atoms with Gasteiger partial charge in [-0.25, -0.2) is 27.9 Å². The van der Waals surface area contributed by atoms with Crippen molar-refractivity contribution in [1.82, 2.24) is 9.97 Å². The van der Waals surface area contributed by atoms with Crippen molar-refractivity contribution in [3.05, 3.63) is 63.5 Å². The molecule has 32 heavy (non-hydrogen) atoms. The van der Waals surface area contributed by atoms with Gasteiger partial charge >= 0.3 is 5.63 Å². The molecule has 3 aromatic rings. The standard InChI is InChI=1S/C20H21N5O6S/c1-10-9-11(2)22-20(21-10)25-32(29,30)15-7-5-14(6-8-15)23-24-17-13(4)31-19(28)16(12(3)26)18(17)27/h5-9,23-24,27H,1-4H3,(H,21,22,25). The third kappa shape index (κ3) is 4.86. The lowest BCUT2D eigenvalue weighted by Gasteiger charge is -2.14. The summed E-state index contributed by atoms with van der Waals surface area (Å²) in [5.74, 6) is -1.16. The topological polar surface area (TPSA) is 164 Å². The first-order valence-electron chi connectivity index (χ1n) is 9.32. The van der Waals surface area contributed by atoms with Crippen LogP contribution in [-0.4, -0.2) is 29.3 Å². The van der Waals surface area contributed by atoms with E-state index in [2.05, 4.69) is 25.5 Å². The van der Waals surface area contributed by atoms with Gasteiger partial charge in [0.25, 0.3) is 10.0 Å². The Labute approximate surface area is 183 Å². The summed E-state index contributed by atoms with van der Waals surface area (Å²) in [7, 11) is -3.91. The van der Waals surface area contributed by atoms with Gasteiger partial charge in [-0.15, -0.1) is 0 Å². The van der Waals surface area contributed by atoms with Gasteiger partial charge in [-0.2, -0.15) is 0 Å². The van der Waals surface area contributed by atoms with Gasteiger partial charge in [-0.3, -0.25) is 10.2 Å². The number of ketones is 1. The van der Waals surface area contributed by atoms with Crippen LogP contribution in [0.1, 0.15) is 34.4 Å². The van der Waals surface area contributed by atoms with E-state index in [0.29, 0.717) is 17.1 Å². The summed E-state index contributed by atoms with van der Waals surface area (Å²) in [6.45, 7) is 6.04. The summed E-state index contributed by atoms with van der Waals surface area (Å²) < 4.78 is 32.5. The zero-order valence-corrected chi connectivity index (χ0v) is 18.5. The van der Waals surface area contributed by atoms with Crippen LogP contribution in [0.3, 0.4) is 0 Å². The number of benzene rings is 1. The van der Waals surface area contributed by atoms with E-state index in [9.17, 15) is 23.1 Å². The Bertz CT molecular complexity index is 1330. The van der Waals surface area contributed by atoms with Gasteiger partial charge in [0.1, 0.15) is 17.0 Å². The maximum absolute atomic E-state index is 12.6. The SMILES string of the molecule is CC(=O)c1c(O)c(NNc2ccc(S(=O)(=O)Nc3nc(C)cc(C)n3)cc2)c(C)oc1=O. The quantitative estimate of drug-likeness (QED) is 0.305. The number of hydrazine groups is 1. The van der Waals surface area contributed by atoms with Crippen LogP contribution in [0.4, 0.5) is 17.3 Å². The molecule has 0 bridgehead atoms. The van der Waals surface area contributed by atoms with Crippen LogP contribution in [0.25, 0.3) is 0 Å². The zero-order chi connectivity index (χ0) is 23.6. The van der Waals surface area contributed by atoms with E-state index in [1.807, 2.05) is 0 Å². The van der Waals surface area contributed by atoms with Gasteiger partial charge in [-0.1, -0.05) is 0 Å². The minimum atomic E-state index is -3.91. The van der Waals surface area contributed by atoms with Crippen molar-refractivity contribution >= 4 is 33.1 Å². The number of aromatic hydroxyl groups is 1. The van der Waals surface area contributed by atoms with Crippen molar-refractivity contribution in [2.75, 3.05) is 15.6 Å². The fourth-order valence-corrected chi connectivity index (χ4v) is 3.83. The van der Waals surface area contributed by atoms with Crippen molar-refractivity contribution in [2.45, 2.75) is 32.6 Å². The third-order valence-electron chi connectivity index (χ3n) is 4.33. The molecule has 0 aliphatic rings. The molecule has 0 atom stereocenters. The van der Waals surface area contributed by atoms with Crippen LogP contribution in [0.15, 0.2) is 44.4 Å². The van der Waals surface area contributed by atoms with Gasteiger partial charge in [-0.05, 0) is 58.0 Å². The van der Waals surface area contributed by atoms with Crippen molar-refractivity contribution in [1.29, 1.82) is 0 Å². The summed E-state index contributed by atoms with van der Waals surface area (Å²) in [6.07, 6.45) is 0. The Kier molecular flexibility index (Phi) is 6.16. The predicted octanol–water partition coefficient (Wildman–Crippen LogP) is 2.50. The molecular weight excluding hydrogens is 438 g/mol. The van der Waals surface area contributed by atoms with Crippen LogP contribution >= 0.6 is 0 Å². The molecule has 0 saturated heterocycles. The van der Waals surface area contributed by atoms with E-state index in [-0.39, 0.29) is 22.3 Å². The first kappa shape index (κ1) is 22.7. The molecule has 0 saturated carbocycles. The molecule has 2 heterocycles. The zero-order valence-electron chi connectivity index (χ0n) is 17.7. The number of rotatable bonds is 7. The van der Waals surface area contributed by atoms with Gasteiger partial charge in [0.2, 0.25) is 5.95 Å². The Morgan fingerprint density at radius 1 is 1.03 bits per heavy atom. The van der Waals surface area contributed by atoms with Crippen LogP contribution in [0.5, 0.6) is 5.75 Å². The Morgan fingerprint density at radius 3 is 2.19 bits per heavy atom. The predicted molar refractivity (Wildman–Crippen MR) is 117 cm³/mol. The summed E-state index contributed by atoms with van der Waals surface area (Å²) >= 11 is 0. The molecule has 1 aromatic carbocycles. The molecule has 0 aliphatic heterocycles. The summed E-state index contributed by atoms with van der Waals surface area (Å²) in [6, 6.07) is 7.38. The van der Waals surface area contributed by atoms with Gasteiger partial charge < -0.3 is 14.9 Å². The number of Topliss-reactive ketones (excluding diaryl/α,β-unsaturated/α-hetero) is 1. The van der Waals surface area contributed by atoms with E-state index in [1.54, 1.807) is 19.9 Å². The van der Waals surface area contributed by atoms with E-state index in [0.717, 1.165) is 6.92 Å². The van der Waals surface area contributed by atoms with Crippen LogP contribution in [0, 0.1) is 20.8 Å². The smallest absolute Gasteiger partial charge is 0.350 e. The number of carbonyl (C=O) groups excluding carboxylic acids is 1. The number of nitrogens with zero attached hydrogens (tertiary/aromatic N) is 2.